The van der Waals surface area contributed by atoms with Gasteiger partial charge in [-0.15, -0.1) is 0 Å². The summed E-state index contributed by atoms with van der Waals surface area (Å²) in [6.45, 7) is 2.00. The Morgan fingerprint density at radius 2 is 1.86 bits per heavy atom. The third-order valence-electron chi connectivity index (χ3n) is 6.49. The summed E-state index contributed by atoms with van der Waals surface area (Å²) >= 11 is 11.9. The minimum atomic E-state index is -4.75. The van der Waals surface area contributed by atoms with E-state index in [9.17, 15) is 26.0 Å². The van der Waals surface area contributed by atoms with E-state index in [-0.39, 0.29) is 36.7 Å². The standard InChI is InChI=1S/C21H17Cl2F4N3O3S2/c1-2-35(31,32)30-9-19(10-30)18-12(8-33-19)3-11(7-28-18)16-6-20(34-29-16,21(25,26)27)13-4-14(22)17(24)15(23)5-13/h3-5,7H,2,6,8-10H2,1H3. The molecule has 0 N–H and O–H groups in total. The van der Waals surface area contributed by atoms with Crippen LogP contribution in [-0.2, 0) is 31.7 Å². The summed E-state index contributed by atoms with van der Waals surface area (Å²) < 4.78 is 89.8. The van der Waals surface area contributed by atoms with Crippen molar-refractivity contribution in [2.45, 2.75) is 36.5 Å². The lowest BCUT2D eigenvalue weighted by Gasteiger charge is -2.45. The molecule has 1 fully saturated rings. The van der Waals surface area contributed by atoms with E-state index in [2.05, 4.69) is 9.38 Å². The van der Waals surface area contributed by atoms with Gasteiger partial charge in [-0.2, -0.15) is 17.5 Å². The first kappa shape index (κ1) is 25.2. The van der Waals surface area contributed by atoms with E-state index >= 15 is 0 Å². The monoisotopic (exact) mass is 569 g/mol. The van der Waals surface area contributed by atoms with Crippen LogP contribution in [0.1, 0.15) is 35.7 Å². The van der Waals surface area contributed by atoms with E-state index in [1.165, 1.54) is 10.5 Å². The Kier molecular flexibility index (Phi) is 5.97. The van der Waals surface area contributed by atoms with Crippen LogP contribution in [0.25, 0.3) is 0 Å². The van der Waals surface area contributed by atoms with Crippen LogP contribution in [0, 0.1) is 5.82 Å². The van der Waals surface area contributed by atoms with Crippen LogP contribution in [0.2, 0.25) is 10.0 Å². The molecule has 4 heterocycles. The molecule has 0 radical (unpaired) electrons. The van der Waals surface area contributed by atoms with Gasteiger partial charge in [0.25, 0.3) is 0 Å². The van der Waals surface area contributed by atoms with Crippen molar-refractivity contribution in [2.75, 3.05) is 18.8 Å². The fraction of sp³-hybridized carbons (Fsp3) is 0.429. The van der Waals surface area contributed by atoms with E-state index in [4.69, 9.17) is 27.9 Å². The molecule has 1 spiro atoms. The second-order valence-electron chi connectivity index (χ2n) is 8.57. The second-order valence-corrected chi connectivity index (χ2v) is 12.7. The minimum absolute atomic E-state index is 0.0226. The van der Waals surface area contributed by atoms with Crippen LogP contribution < -0.4 is 0 Å². The number of benzene rings is 1. The number of halogens is 6. The molecular weight excluding hydrogens is 553 g/mol. The number of hydrogen-bond donors (Lipinski definition) is 0. The minimum Gasteiger partial charge on any atom is -0.361 e. The molecule has 0 bridgehead atoms. The normalized spacial score (nSPS) is 23.9. The lowest BCUT2D eigenvalue weighted by atomic mass is 9.88. The molecule has 1 unspecified atom stereocenters. The highest BCUT2D eigenvalue weighted by Gasteiger charge is 2.60. The zero-order chi connectivity index (χ0) is 25.4. The molecule has 5 rings (SSSR count). The maximum absolute atomic E-state index is 14.3. The third kappa shape index (κ3) is 3.88. The zero-order valence-corrected chi connectivity index (χ0v) is 21.1. The predicted molar refractivity (Wildman–Crippen MR) is 125 cm³/mol. The van der Waals surface area contributed by atoms with Gasteiger partial charge in [0.2, 0.25) is 10.0 Å². The summed E-state index contributed by atoms with van der Waals surface area (Å²) in [6.07, 6.45) is -3.86. The van der Waals surface area contributed by atoms with Crippen LogP contribution in [0.15, 0.2) is 28.8 Å². The van der Waals surface area contributed by atoms with Gasteiger partial charge in [0, 0.05) is 36.8 Å². The lowest BCUT2D eigenvalue weighted by molar-refractivity contribution is -0.159. The summed E-state index contributed by atoms with van der Waals surface area (Å²) in [5.74, 6) is -1.01. The molecule has 1 aromatic heterocycles. The molecule has 6 nitrogen and oxygen atoms in total. The Morgan fingerprint density at radius 3 is 2.46 bits per heavy atom. The maximum atomic E-state index is 14.3. The zero-order valence-electron chi connectivity index (χ0n) is 18.0. The maximum Gasteiger partial charge on any atom is 0.409 e. The number of rotatable bonds is 4. The third-order valence-corrected chi connectivity index (χ3v) is 10.1. The molecule has 2 aromatic rings. The number of pyridine rings is 1. The first-order valence-electron chi connectivity index (χ1n) is 10.4. The number of aromatic nitrogens is 1. The van der Waals surface area contributed by atoms with Crippen molar-refractivity contribution in [1.29, 1.82) is 0 Å². The van der Waals surface area contributed by atoms with Crippen LogP contribution in [0.5, 0.6) is 0 Å². The first-order valence-corrected chi connectivity index (χ1v) is 13.5. The number of ether oxygens (including phenoxy) is 1. The highest BCUT2D eigenvalue weighted by atomic mass is 35.5. The molecule has 1 saturated heterocycles. The van der Waals surface area contributed by atoms with Gasteiger partial charge in [-0.1, -0.05) is 23.2 Å². The van der Waals surface area contributed by atoms with E-state index in [1.54, 1.807) is 13.0 Å². The average molecular weight is 570 g/mol. The molecule has 14 heteroatoms. The van der Waals surface area contributed by atoms with Gasteiger partial charge in [-0.3, -0.25) is 4.98 Å². The van der Waals surface area contributed by atoms with Crippen molar-refractivity contribution >= 4 is 50.9 Å². The van der Waals surface area contributed by atoms with Gasteiger partial charge in [0.05, 0.1) is 33.8 Å². The fourth-order valence-corrected chi connectivity index (χ4v) is 7.09. The van der Waals surface area contributed by atoms with Crippen LogP contribution in [0.4, 0.5) is 17.6 Å². The summed E-state index contributed by atoms with van der Waals surface area (Å²) in [6, 6.07) is 3.52. The smallest absolute Gasteiger partial charge is 0.361 e. The highest BCUT2D eigenvalue weighted by Crippen LogP contribution is 2.57. The van der Waals surface area contributed by atoms with Crippen LogP contribution in [-0.4, -0.2) is 48.4 Å². The highest BCUT2D eigenvalue weighted by molar-refractivity contribution is 7.99. The Labute approximate surface area is 212 Å². The lowest BCUT2D eigenvalue weighted by Crippen LogP contribution is -2.61. The quantitative estimate of drug-likeness (QED) is 0.287. The number of sulfonamides is 1. The van der Waals surface area contributed by atoms with Crippen molar-refractivity contribution in [1.82, 2.24) is 9.29 Å². The Balaban J connectivity index is 1.43. The predicted octanol–water partition coefficient (Wildman–Crippen LogP) is 5.22. The molecule has 3 aliphatic heterocycles. The van der Waals surface area contributed by atoms with Gasteiger partial charge in [0.15, 0.2) is 10.6 Å². The number of fused-ring (bicyclic) bond motifs is 2. The number of alkyl halides is 3. The summed E-state index contributed by atoms with van der Waals surface area (Å²) in [5.41, 5.74) is 0.645. The largest absolute Gasteiger partial charge is 0.409 e. The molecule has 0 aliphatic carbocycles. The summed E-state index contributed by atoms with van der Waals surface area (Å²) in [7, 11) is -3.36. The average Bonchev–Trinajstić information content (AvgIpc) is 3.39. The molecule has 0 saturated carbocycles. The fourth-order valence-electron chi connectivity index (χ4n) is 4.46. The van der Waals surface area contributed by atoms with Crippen molar-refractivity contribution in [2.24, 2.45) is 4.40 Å². The molecule has 1 aromatic carbocycles. The van der Waals surface area contributed by atoms with Gasteiger partial charge in [0.1, 0.15) is 5.60 Å². The Hall–Kier alpha value is -1.44. The van der Waals surface area contributed by atoms with Gasteiger partial charge in [-0.25, -0.2) is 17.2 Å². The van der Waals surface area contributed by atoms with Crippen molar-refractivity contribution < 1.29 is 30.7 Å². The Morgan fingerprint density at radius 1 is 1.20 bits per heavy atom. The molecule has 35 heavy (non-hydrogen) atoms. The summed E-state index contributed by atoms with van der Waals surface area (Å²) in [5, 5.41) is -1.02. The molecule has 0 amide bonds. The molecular formula is C21H17Cl2F4N3O3S2. The molecule has 1 atom stereocenters. The SMILES string of the molecule is CCS(=O)(=O)N1CC2(C1)OCc1cc(C3=NSC(c4cc(Cl)c(F)c(Cl)c4)(C(F)(F)F)C3)cnc12. The van der Waals surface area contributed by atoms with Crippen molar-refractivity contribution in [3.8, 4) is 0 Å². The van der Waals surface area contributed by atoms with E-state index < -0.39 is 48.8 Å². The second kappa shape index (κ2) is 8.29. The number of hydrogen-bond acceptors (Lipinski definition) is 6. The Bertz CT molecular complexity index is 1340. The van der Waals surface area contributed by atoms with E-state index in [1.807, 2.05) is 0 Å². The van der Waals surface area contributed by atoms with E-state index in [0.717, 1.165) is 12.1 Å². The van der Waals surface area contributed by atoms with Gasteiger partial charge in [-0.05, 0) is 42.6 Å². The van der Waals surface area contributed by atoms with E-state index in [0.29, 0.717) is 28.8 Å². The summed E-state index contributed by atoms with van der Waals surface area (Å²) in [4.78, 5) is 4.43. The van der Waals surface area contributed by atoms with Crippen molar-refractivity contribution in [3.63, 3.8) is 0 Å². The molecule has 3 aliphatic rings. The number of nitrogens with zero attached hydrogens (tertiary/aromatic N) is 3. The van der Waals surface area contributed by atoms with Crippen LogP contribution >= 0.6 is 35.1 Å². The topological polar surface area (TPSA) is 71.9 Å². The first-order chi connectivity index (χ1) is 16.3. The van der Waals surface area contributed by atoms with Crippen molar-refractivity contribution in [3.05, 3.63) is 62.6 Å². The van der Waals surface area contributed by atoms with Gasteiger partial charge >= 0.3 is 6.18 Å². The van der Waals surface area contributed by atoms with Gasteiger partial charge < -0.3 is 4.74 Å². The van der Waals surface area contributed by atoms with Crippen LogP contribution in [0.3, 0.4) is 0 Å². The molecule has 188 valence electrons.